The molecule has 168 valence electrons. The van der Waals surface area contributed by atoms with Crippen LogP contribution in [0.4, 0.5) is 0 Å². The maximum absolute atomic E-state index is 12.5. The van der Waals surface area contributed by atoms with Gasteiger partial charge < -0.3 is 28.7 Å². The Kier molecular flexibility index (Phi) is 6.54. The van der Waals surface area contributed by atoms with Crippen LogP contribution in [0.3, 0.4) is 0 Å². The Hall–Kier alpha value is -2.49. The summed E-state index contributed by atoms with van der Waals surface area (Å²) in [6, 6.07) is 11.6. The lowest BCUT2D eigenvalue weighted by Gasteiger charge is -2.19. The molecule has 9 heteroatoms. The molecule has 0 fully saturated rings. The van der Waals surface area contributed by atoms with Gasteiger partial charge in [-0.25, -0.2) is 8.42 Å². The number of rotatable bonds is 10. The van der Waals surface area contributed by atoms with E-state index in [2.05, 4.69) is 0 Å². The molecule has 2 aliphatic rings. The molecule has 0 amide bonds. The summed E-state index contributed by atoms with van der Waals surface area (Å²) in [6.45, 7) is 2.74. The molecule has 0 aliphatic carbocycles. The molecular formula is C22H28N2O6S. The van der Waals surface area contributed by atoms with E-state index in [0.717, 1.165) is 34.1 Å². The van der Waals surface area contributed by atoms with Crippen molar-refractivity contribution < 1.29 is 27.4 Å². The highest BCUT2D eigenvalue weighted by molar-refractivity contribution is 7.91. The molecule has 0 saturated carbocycles. The Bertz CT molecular complexity index is 951. The van der Waals surface area contributed by atoms with E-state index < -0.39 is 9.84 Å². The number of fused-ring (bicyclic) bond motifs is 2. The van der Waals surface area contributed by atoms with Crippen molar-refractivity contribution in [2.24, 2.45) is 0 Å². The highest BCUT2D eigenvalue weighted by atomic mass is 32.2. The van der Waals surface area contributed by atoms with Gasteiger partial charge in [0.15, 0.2) is 32.8 Å². The number of nitrogens with zero attached hydrogens (tertiary/aromatic N) is 2. The van der Waals surface area contributed by atoms with Gasteiger partial charge in [-0.2, -0.15) is 0 Å². The molecule has 2 aliphatic heterocycles. The summed E-state index contributed by atoms with van der Waals surface area (Å²) in [5, 5.41) is 0. The number of ether oxygens (including phenoxy) is 4. The van der Waals surface area contributed by atoms with Crippen molar-refractivity contribution in [2.45, 2.75) is 13.1 Å². The van der Waals surface area contributed by atoms with Crippen LogP contribution >= 0.6 is 0 Å². The van der Waals surface area contributed by atoms with Crippen LogP contribution < -0.4 is 18.9 Å². The van der Waals surface area contributed by atoms with Gasteiger partial charge in [0.25, 0.3) is 0 Å². The summed E-state index contributed by atoms with van der Waals surface area (Å²) in [7, 11) is 0.697. The molecule has 8 nitrogen and oxygen atoms in total. The van der Waals surface area contributed by atoms with Crippen molar-refractivity contribution in [2.75, 3.05) is 52.3 Å². The smallest absolute Gasteiger partial charge is 0.231 e. The minimum absolute atomic E-state index is 0.131. The molecule has 2 aromatic carbocycles. The van der Waals surface area contributed by atoms with Gasteiger partial charge in [-0.15, -0.1) is 0 Å². The maximum Gasteiger partial charge on any atom is 0.231 e. The second-order valence-corrected chi connectivity index (χ2v) is 10.3. The summed E-state index contributed by atoms with van der Waals surface area (Å²) < 4.78 is 46.5. The normalized spacial score (nSPS) is 14.6. The number of hydrogen-bond donors (Lipinski definition) is 0. The van der Waals surface area contributed by atoms with Crippen molar-refractivity contribution >= 4 is 9.84 Å². The van der Waals surface area contributed by atoms with Gasteiger partial charge in [-0.1, -0.05) is 12.1 Å². The fourth-order valence-corrected chi connectivity index (χ4v) is 4.94. The van der Waals surface area contributed by atoms with Crippen molar-refractivity contribution in [3.05, 3.63) is 47.5 Å². The Morgan fingerprint density at radius 3 is 1.58 bits per heavy atom. The van der Waals surface area contributed by atoms with Crippen LogP contribution in [-0.2, 0) is 22.9 Å². The number of hydrogen-bond acceptors (Lipinski definition) is 8. The molecule has 0 bridgehead atoms. The van der Waals surface area contributed by atoms with Gasteiger partial charge in [0, 0.05) is 26.2 Å². The van der Waals surface area contributed by atoms with E-state index in [4.69, 9.17) is 18.9 Å². The summed E-state index contributed by atoms with van der Waals surface area (Å²) in [6.07, 6.45) is 0. The van der Waals surface area contributed by atoms with Gasteiger partial charge >= 0.3 is 0 Å². The van der Waals surface area contributed by atoms with Crippen molar-refractivity contribution in [1.82, 2.24) is 9.80 Å². The molecular weight excluding hydrogens is 420 g/mol. The van der Waals surface area contributed by atoms with Crippen molar-refractivity contribution in [3.8, 4) is 23.0 Å². The zero-order chi connectivity index (χ0) is 21.8. The second kappa shape index (κ2) is 9.33. The Morgan fingerprint density at radius 1 is 0.710 bits per heavy atom. The summed E-state index contributed by atoms with van der Waals surface area (Å²) in [5.41, 5.74) is 2.13. The zero-order valence-electron chi connectivity index (χ0n) is 17.9. The van der Waals surface area contributed by atoms with Crippen LogP contribution in [0.25, 0.3) is 0 Å². The van der Waals surface area contributed by atoms with Gasteiger partial charge in [0.2, 0.25) is 13.6 Å². The lowest BCUT2D eigenvalue weighted by molar-refractivity contribution is 0.173. The van der Waals surface area contributed by atoms with Crippen LogP contribution in [0.1, 0.15) is 11.1 Å². The van der Waals surface area contributed by atoms with Gasteiger partial charge in [0.1, 0.15) is 0 Å². The van der Waals surface area contributed by atoms with E-state index in [0.29, 0.717) is 26.2 Å². The molecule has 0 unspecified atom stereocenters. The lowest BCUT2D eigenvalue weighted by atomic mass is 10.2. The van der Waals surface area contributed by atoms with Crippen LogP contribution in [-0.4, -0.2) is 70.5 Å². The van der Waals surface area contributed by atoms with Gasteiger partial charge in [0.05, 0.1) is 11.5 Å². The first-order valence-corrected chi connectivity index (χ1v) is 12.0. The molecule has 0 saturated heterocycles. The van der Waals surface area contributed by atoms with Crippen LogP contribution in [0.2, 0.25) is 0 Å². The molecule has 2 aromatic rings. The van der Waals surface area contributed by atoms with E-state index in [-0.39, 0.29) is 25.1 Å². The number of sulfone groups is 1. The van der Waals surface area contributed by atoms with Crippen LogP contribution in [0.5, 0.6) is 23.0 Å². The first kappa shape index (κ1) is 21.7. The predicted octanol–water partition coefficient (Wildman–Crippen LogP) is 2.12. The van der Waals surface area contributed by atoms with Gasteiger partial charge in [-0.3, -0.25) is 0 Å². The fourth-order valence-electron chi connectivity index (χ4n) is 3.55. The maximum atomic E-state index is 12.5. The van der Waals surface area contributed by atoms with E-state index in [1.807, 2.05) is 60.3 Å². The quantitative estimate of drug-likeness (QED) is 0.547. The predicted molar refractivity (Wildman–Crippen MR) is 116 cm³/mol. The largest absolute Gasteiger partial charge is 0.454 e. The molecule has 0 atom stereocenters. The van der Waals surface area contributed by atoms with E-state index in [1.54, 1.807) is 0 Å². The van der Waals surface area contributed by atoms with E-state index in [1.165, 1.54) is 0 Å². The minimum atomic E-state index is -3.15. The molecule has 31 heavy (non-hydrogen) atoms. The molecule has 2 heterocycles. The van der Waals surface area contributed by atoms with E-state index >= 15 is 0 Å². The van der Waals surface area contributed by atoms with Crippen LogP contribution in [0.15, 0.2) is 36.4 Å². The second-order valence-electron chi connectivity index (χ2n) is 8.00. The average Bonchev–Trinajstić information content (AvgIpc) is 3.39. The summed E-state index contributed by atoms with van der Waals surface area (Å²) in [4.78, 5) is 4.01. The third kappa shape index (κ3) is 5.81. The Morgan fingerprint density at radius 2 is 1.13 bits per heavy atom. The molecule has 0 N–H and O–H groups in total. The highest BCUT2D eigenvalue weighted by Gasteiger charge is 2.17. The molecule has 4 rings (SSSR count). The van der Waals surface area contributed by atoms with Crippen molar-refractivity contribution in [3.63, 3.8) is 0 Å². The highest BCUT2D eigenvalue weighted by Crippen LogP contribution is 2.33. The third-order valence-corrected chi connectivity index (χ3v) is 6.96. The Labute approximate surface area is 183 Å². The SMILES string of the molecule is CN(CCS(=O)(=O)CCN(C)Cc1ccc2c(c1)OCO2)Cc1ccc2c(c1)OCO2. The number of benzene rings is 2. The van der Waals surface area contributed by atoms with E-state index in [9.17, 15) is 8.42 Å². The summed E-state index contributed by atoms with van der Waals surface area (Å²) in [5.74, 6) is 3.24. The topological polar surface area (TPSA) is 77.5 Å². The lowest BCUT2D eigenvalue weighted by Crippen LogP contribution is -2.30. The first-order chi connectivity index (χ1) is 14.9. The van der Waals surface area contributed by atoms with Gasteiger partial charge in [-0.05, 0) is 49.5 Å². The Balaban J connectivity index is 1.20. The molecule has 0 radical (unpaired) electrons. The minimum Gasteiger partial charge on any atom is -0.454 e. The molecule has 0 spiro atoms. The fraction of sp³-hybridized carbons (Fsp3) is 0.455. The average molecular weight is 449 g/mol. The van der Waals surface area contributed by atoms with Crippen LogP contribution in [0, 0.1) is 0 Å². The first-order valence-electron chi connectivity index (χ1n) is 10.2. The summed E-state index contributed by atoms with van der Waals surface area (Å²) >= 11 is 0. The molecule has 0 aromatic heterocycles. The third-order valence-electron chi connectivity index (χ3n) is 5.35. The standard InChI is InChI=1S/C22H28N2O6S/c1-23(13-17-3-5-19-21(11-17)29-15-27-19)7-9-31(25,26)10-8-24(2)14-18-4-6-20-22(12-18)30-16-28-20/h3-6,11-12H,7-10,13-16H2,1-2H3. The zero-order valence-corrected chi connectivity index (χ0v) is 18.7. The van der Waals surface area contributed by atoms with Crippen molar-refractivity contribution in [1.29, 1.82) is 0 Å². The monoisotopic (exact) mass is 448 g/mol.